The molecular formula is C10H13ClN2O3S. The smallest absolute Gasteiger partial charge is 0.175 e. The molecule has 0 atom stereocenters. The number of hydrogen-bond donors (Lipinski definition) is 1. The lowest BCUT2D eigenvalue weighted by Crippen LogP contribution is -2.12. The molecule has 0 heterocycles. The number of benzene rings is 1. The summed E-state index contributed by atoms with van der Waals surface area (Å²) in [5, 5.41) is 0. The minimum Gasteiger partial charge on any atom is -0.497 e. The van der Waals surface area contributed by atoms with Crippen LogP contribution in [-0.2, 0) is 9.84 Å². The van der Waals surface area contributed by atoms with Crippen molar-refractivity contribution in [3.05, 3.63) is 18.2 Å². The Kier molecular flexibility index (Phi) is 4.36. The van der Waals surface area contributed by atoms with E-state index in [4.69, 9.17) is 22.1 Å². The summed E-state index contributed by atoms with van der Waals surface area (Å²) in [6.07, 6.45) is 1.11. The fourth-order valence-corrected chi connectivity index (χ4v) is 1.87. The lowest BCUT2D eigenvalue weighted by atomic mass is 10.3. The van der Waals surface area contributed by atoms with E-state index < -0.39 is 9.84 Å². The summed E-state index contributed by atoms with van der Waals surface area (Å²) in [5.41, 5.74) is 5.88. The van der Waals surface area contributed by atoms with E-state index in [9.17, 15) is 8.42 Å². The van der Waals surface area contributed by atoms with Gasteiger partial charge in [-0.3, -0.25) is 0 Å². The lowest BCUT2D eigenvalue weighted by Gasteiger charge is -2.05. The number of hydrogen-bond acceptors (Lipinski definition) is 4. The van der Waals surface area contributed by atoms with Crippen molar-refractivity contribution in [2.45, 2.75) is 4.90 Å². The first-order valence-corrected chi connectivity index (χ1v) is 7.07. The second kappa shape index (κ2) is 5.37. The van der Waals surface area contributed by atoms with Crippen molar-refractivity contribution in [3.8, 4) is 5.75 Å². The average Bonchev–Trinajstić information content (AvgIpc) is 2.27. The van der Waals surface area contributed by atoms with Gasteiger partial charge in [0.15, 0.2) is 9.84 Å². The van der Waals surface area contributed by atoms with Crippen molar-refractivity contribution >= 4 is 33.0 Å². The summed E-state index contributed by atoms with van der Waals surface area (Å²) in [4.78, 5) is 4.10. The number of halogens is 1. The maximum absolute atomic E-state index is 11.4. The van der Waals surface area contributed by atoms with Gasteiger partial charge >= 0.3 is 0 Å². The van der Waals surface area contributed by atoms with Gasteiger partial charge in [0, 0.05) is 12.3 Å². The highest BCUT2D eigenvalue weighted by Crippen LogP contribution is 2.25. The monoisotopic (exact) mass is 276 g/mol. The van der Waals surface area contributed by atoms with Crippen LogP contribution in [0.5, 0.6) is 5.75 Å². The van der Waals surface area contributed by atoms with Gasteiger partial charge in [-0.25, -0.2) is 13.4 Å². The van der Waals surface area contributed by atoms with Crippen LogP contribution in [0.15, 0.2) is 28.1 Å². The molecule has 0 bridgehead atoms. The number of amidine groups is 1. The zero-order valence-corrected chi connectivity index (χ0v) is 11.0. The molecule has 0 spiro atoms. The summed E-state index contributed by atoms with van der Waals surface area (Å²) < 4.78 is 27.9. The first-order valence-electron chi connectivity index (χ1n) is 4.65. The van der Waals surface area contributed by atoms with Crippen LogP contribution in [0.2, 0.25) is 0 Å². The van der Waals surface area contributed by atoms with Crippen molar-refractivity contribution in [2.24, 2.45) is 10.7 Å². The molecule has 7 heteroatoms. The zero-order valence-electron chi connectivity index (χ0n) is 9.47. The second-order valence-electron chi connectivity index (χ2n) is 3.38. The van der Waals surface area contributed by atoms with E-state index in [-0.39, 0.29) is 16.6 Å². The molecule has 1 rings (SSSR count). The first-order chi connectivity index (χ1) is 7.86. The molecule has 1 aromatic carbocycles. The molecule has 0 aliphatic carbocycles. The summed E-state index contributed by atoms with van der Waals surface area (Å²) in [5.74, 6) is 0.680. The van der Waals surface area contributed by atoms with Gasteiger partial charge in [0.1, 0.15) is 11.6 Å². The average molecular weight is 277 g/mol. The van der Waals surface area contributed by atoms with Gasteiger partial charge < -0.3 is 10.5 Å². The molecule has 0 saturated carbocycles. The molecule has 0 amide bonds. The maximum Gasteiger partial charge on any atom is 0.175 e. The molecule has 0 radical (unpaired) electrons. The minimum absolute atomic E-state index is 0.0748. The third-order valence-electron chi connectivity index (χ3n) is 1.94. The Morgan fingerprint density at radius 3 is 2.59 bits per heavy atom. The van der Waals surface area contributed by atoms with Gasteiger partial charge in [-0.05, 0) is 12.1 Å². The van der Waals surface area contributed by atoms with Crippen molar-refractivity contribution in [1.29, 1.82) is 0 Å². The standard InChI is InChI=1S/C10H13ClN2O3S/c1-16-8-3-7(13-10(12)6-11)4-9(5-8)17(2,14)15/h3-5H,6H2,1-2H3,(H2,12,13). The minimum atomic E-state index is -3.32. The van der Waals surface area contributed by atoms with Gasteiger partial charge in [0.05, 0.1) is 23.6 Å². The van der Waals surface area contributed by atoms with Crippen molar-refractivity contribution in [2.75, 3.05) is 19.2 Å². The van der Waals surface area contributed by atoms with Crippen LogP contribution in [0.4, 0.5) is 5.69 Å². The molecule has 0 saturated heterocycles. The van der Waals surface area contributed by atoms with Gasteiger partial charge in [-0.2, -0.15) is 0 Å². The fraction of sp³-hybridized carbons (Fsp3) is 0.300. The Labute approximate surface area is 105 Å². The number of aliphatic imine (C=N–C) groups is 1. The molecule has 0 aliphatic heterocycles. The highest BCUT2D eigenvalue weighted by Gasteiger charge is 2.10. The number of alkyl halides is 1. The van der Waals surface area contributed by atoms with E-state index >= 15 is 0 Å². The molecule has 17 heavy (non-hydrogen) atoms. The van der Waals surface area contributed by atoms with Crippen LogP contribution in [0, 0.1) is 0 Å². The molecule has 0 fully saturated rings. The van der Waals surface area contributed by atoms with Crippen LogP contribution in [0.3, 0.4) is 0 Å². The quantitative estimate of drug-likeness (QED) is 0.511. The highest BCUT2D eigenvalue weighted by atomic mass is 35.5. The van der Waals surface area contributed by atoms with Gasteiger partial charge in [-0.1, -0.05) is 0 Å². The Balaban J connectivity index is 3.34. The third-order valence-corrected chi connectivity index (χ3v) is 3.30. The van der Waals surface area contributed by atoms with Crippen molar-refractivity contribution in [3.63, 3.8) is 0 Å². The molecule has 0 aliphatic rings. The van der Waals surface area contributed by atoms with E-state index in [0.717, 1.165) is 6.26 Å². The van der Waals surface area contributed by atoms with E-state index in [0.29, 0.717) is 11.4 Å². The second-order valence-corrected chi connectivity index (χ2v) is 5.66. The van der Waals surface area contributed by atoms with Crippen molar-refractivity contribution in [1.82, 2.24) is 0 Å². The number of ether oxygens (including phenoxy) is 1. The Morgan fingerprint density at radius 1 is 1.47 bits per heavy atom. The number of sulfone groups is 1. The Bertz CT molecular complexity index is 540. The van der Waals surface area contributed by atoms with Gasteiger partial charge in [-0.15, -0.1) is 11.6 Å². The van der Waals surface area contributed by atoms with E-state index in [2.05, 4.69) is 4.99 Å². The van der Waals surface area contributed by atoms with E-state index in [1.54, 1.807) is 6.07 Å². The lowest BCUT2D eigenvalue weighted by molar-refractivity contribution is 0.413. The third kappa shape index (κ3) is 3.90. The van der Waals surface area contributed by atoms with Crippen LogP contribution in [0.1, 0.15) is 0 Å². The number of nitrogens with two attached hydrogens (primary N) is 1. The van der Waals surface area contributed by atoms with Crippen LogP contribution in [-0.4, -0.2) is 33.5 Å². The molecule has 94 valence electrons. The van der Waals surface area contributed by atoms with Crippen molar-refractivity contribution < 1.29 is 13.2 Å². The van der Waals surface area contributed by atoms with Crippen LogP contribution in [0.25, 0.3) is 0 Å². The number of rotatable bonds is 4. The van der Waals surface area contributed by atoms with E-state index in [1.165, 1.54) is 19.2 Å². The largest absolute Gasteiger partial charge is 0.497 e. The number of nitrogens with zero attached hydrogens (tertiary/aromatic N) is 1. The Hall–Kier alpha value is -1.27. The summed E-state index contributed by atoms with van der Waals surface area (Å²) >= 11 is 5.50. The van der Waals surface area contributed by atoms with E-state index in [1.807, 2.05) is 0 Å². The predicted octanol–water partition coefficient (Wildman–Crippen LogP) is 1.33. The van der Waals surface area contributed by atoms with Gasteiger partial charge in [0.2, 0.25) is 0 Å². The molecule has 0 aromatic heterocycles. The SMILES string of the molecule is COc1cc(N=C(N)CCl)cc(S(C)(=O)=O)c1. The summed E-state index contributed by atoms with van der Waals surface area (Å²) in [7, 11) is -1.88. The highest BCUT2D eigenvalue weighted by molar-refractivity contribution is 7.90. The zero-order chi connectivity index (χ0) is 13.1. The van der Waals surface area contributed by atoms with Crippen LogP contribution >= 0.6 is 11.6 Å². The maximum atomic E-state index is 11.4. The molecule has 5 nitrogen and oxygen atoms in total. The van der Waals surface area contributed by atoms with Gasteiger partial charge in [0.25, 0.3) is 0 Å². The molecule has 0 unspecified atom stereocenters. The first kappa shape index (κ1) is 13.8. The normalized spacial score (nSPS) is 12.5. The summed E-state index contributed by atoms with van der Waals surface area (Å²) in [6.45, 7) is 0. The van der Waals surface area contributed by atoms with Crippen LogP contribution < -0.4 is 10.5 Å². The summed E-state index contributed by atoms with van der Waals surface area (Å²) in [6, 6.07) is 4.41. The topological polar surface area (TPSA) is 81.8 Å². The number of methoxy groups -OCH3 is 1. The molecule has 1 aromatic rings. The Morgan fingerprint density at radius 2 is 2.12 bits per heavy atom. The molecular weight excluding hydrogens is 264 g/mol. The fourth-order valence-electron chi connectivity index (χ4n) is 1.15. The predicted molar refractivity (Wildman–Crippen MR) is 68.1 cm³/mol. The molecule has 2 N–H and O–H groups in total.